The van der Waals surface area contributed by atoms with Crippen LogP contribution in [0.2, 0.25) is 0 Å². The van der Waals surface area contributed by atoms with Gasteiger partial charge in [-0.05, 0) is 72.9 Å². The lowest BCUT2D eigenvalue weighted by Crippen LogP contribution is -2.51. The first-order chi connectivity index (χ1) is 18.2. The minimum Gasteiger partial charge on any atom is -0.344 e. The molecular formula is C30H40FN3O4. The molecule has 0 spiro atoms. The summed E-state index contributed by atoms with van der Waals surface area (Å²) in [5.41, 5.74) is 4.28. The minimum absolute atomic E-state index is 0.144. The van der Waals surface area contributed by atoms with E-state index in [2.05, 4.69) is 5.32 Å². The van der Waals surface area contributed by atoms with Gasteiger partial charge in [0.15, 0.2) is 0 Å². The molecule has 3 rings (SSSR count). The number of likely N-dealkylation sites (tertiary alicyclic amines) is 1. The van der Waals surface area contributed by atoms with Crippen LogP contribution in [-0.2, 0) is 20.9 Å². The molecule has 2 aromatic rings. The highest BCUT2D eigenvalue weighted by Crippen LogP contribution is 2.27. The first-order valence-electron chi connectivity index (χ1n) is 13.6. The van der Waals surface area contributed by atoms with E-state index in [1.165, 1.54) is 12.1 Å². The summed E-state index contributed by atoms with van der Waals surface area (Å²) in [5.74, 6) is -2.50. The van der Waals surface area contributed by atoms with Gasteiger partial charge in [0.2, 0.25) is 17.7 Å². The van der Waals surface area contributed by atoms with Crippen molar-refractivity contribution in [2.75, 3.05) is 6.54 Å². The topological polar surface area (TPSA) is 98.7 Å². The summed E-state index contributed by atoms with van der Waals surface area (Å²) in [5, 5.41) is 12.2. The van der Waals surface area contributed by atoms with Crippen molar-refractivity contribution in [3.8, 4) is 11.1 Å². The van der Waals surface area contributed by atoms with Crippen molar-refractivity contribution in [1.29, 1.82) is 0 Å². The normalized spacial score (nSPS) is 17.6. The van der Waals surface area contributed by atoms with Crippen LogP contribution < -0.4 is 10.8 Å². The van der Waals surface area contributed by atoms with Crippen LogP contribution in [-0.4, -0.2) is 40.4 Å². The molecule has 206 valence electrons. The van der Waals surface area contributed by atoms with Crippen LogP contribution in [0.25, 0.3) is 11.1 Å². The molecule has 7 nitrogen and oxygen atoms in total. The molecule has 3 atom stereocenters. The van der Waals surface area contributed by atoms with Crippen molar-refractivity contribution >= 4 is 17.7 Å². The second-order valence-corrected chi connectivity index (χ2v) is 10.6. The third kappa shape index (κ3) is 7.87. The zero-order valence-corrected chi connectivity index (χ0v) is 22.6. The summed E-state index contributed by atoms with van der Waals surface area (Å²) in [6.07, 6.45) is 3.77. The fraction of sp³-hybridized carbons (Fsp3) is 0.500. The van der Waals surface area contributed by atoms with Crippen LogP contribution in [0.1, 0.15) is 64.9 Å². The van der Waals surface area contributed by atoms with Gasteiger partial charge in [-0.25, -0.2) is 9.87 Å². The van der Waals surface area contributed by atoms with E-state index < -0.39 is 23.8 Å². The van der Waals surface area contributed by atoms with Crippen molar-refractivity contribution in [1.82, 2.24) is 15.7 Å². The van der Waals surface area contributed by atoms with Gasteiger partial charge in [-0.2, -0.15) is 0 Å². The Morgan fingerprint density at radius 3 is 2.42 bits per heavy atom. The molecular weight excluding hydrogens is 485 g/mol. The maximum absolute atomic E-state index is 13.7. The van der Waals surface area contributed by atoms with E-state index in [4.69, 9.17) is 0 Å². The molecule has 0 radical (unpaired) electrons. The number of nitrogens with one attached hydrogen (secondary N) is 2. The molecule has 0 saturated carbocycles. The van der Waals surface area contributed by atoms with Gasteiger partial charge in [-0.3, -0.25) is 19.6 Å². The number of nitrogens with zero attached hydrogens (tertiary/aromatic N) is 1. The summed E-state index contributed by atoms with van der Waals surface area (Å²) in [6.45, 7) is 6.86. The lowest BCUT2D eigenvalue weighted by atomic mass is 9.81. The van der Waals surface area contributed by atoms with Gasteiger partial charge in [-0.15, -0.1) is 0 Å². The van der Waals surface area contributed by atoms with E-state index in [1.807, 2.05) is 51.1 Å². The highest BCUT2D eigenvalue weighted by atomic mass is 19.1. The van der Waals surface area contributed by atoms with Gasteiger partial charge in [0.1, 0.15) is 11.9 Å². The molecule has 2 unspecified atom stereocenters. The van der Waals surface area contributed by atoms with Gasteiger partial charge in [0.25, 0.3) is 0 Å². The predicted molar refractivity (Wildman–Crippen MR) is 144 cm³/mol. The van der Waals surface area contributed by atoms with Crippen LogP contribution in [0.5, 0.6) is 0 Å². The third-order valence-corrected chi connectivity index (χ3v) is 7.15. The lowest BCUT2D eigenvalue weighted by molar-refractivity contribution is -0.143. The minimum atomic E-state index is -0.675. The van der Waals surface area contributed by atoms with E-state index in [0.717, 1.165) is 29.5 Å². The van der Waals surface area contributed by atoms with Crippen molar-refractivity contribution in [2.45, 2.75) is 71.9 Å². The van der Waals surface area contributed by atoms with Crippen molar-refractivity contribution in [3.63, 3.8) is 0 Å². The Morgan fingerprint density at radius 2 is 1.76 bits per heavy atom. The van der Waals surface area contributed by atoms with Gasteiger partial charge >= 0.3 is 0 Å². The number of amides is 3. The standard InChI is InChI=1S/C30H40FN3O4/c1-4-9-25(29(36)33-38)26(16-20(2)3)28(35)32-27-14-5-6-15-34(30(27)37)19-21-10-7-11-22(17-21)23-12-8-13-24(31)18-23/h7-8,10-13,17-18,20,25-27,38H,4-6,9,14-16,19H2,1-3H3,(H,32,35)(H,33,36)/t25-,26?,27?/m0/s1. The number of halogens is 1. The summed E-state index contributed by atoms with van der Waals surface area (Å²) >= 11 is 0. The third-order valence-electron chi connectivity index (χ3n) is 7.15. The number of hydrogen-bond acceptors (Lipinski definition) is 4. The maximum atomic E-state index is 13.7. The van der Waals surface area contributed by atoms with E-state index >= 15 is 0 Å². The zero-order chi connectivity index (χ0) is 27.7. The quantitative estimate of drug-likeness (QED) is 0.282. The van der Waals surface area contributed by atoms with Crippen molar-refractivity contribution in [3.05, 3.63) is 59.9 Å². The summed E-state index contributed by atoms with van der Waals surface area (Å²) in [7, 11) is 0. The van der Waals surface area contributed by atoms with Crippen molar-refractivity contribution < 1.29 is 24.0 Å². The Labute approximate surface area is 224 Å². The van der Waals surface area contributed by atoms with Crippen LogP contribution in [0, 0.1) is 23.6 Å². The average molecular weight is 526 g/mol. The number of carbonyl (C=O) groups excluding carboxylic acids is 3. The Kier molecular flexibility index (Phi) is 10.8. The second kappa shape index (κ2) is 14.0. The van der Waals surface area contributed by atoms with E-state index in [9.17, 15) is 24.0 Å². The highest BCUT2D eigenvalue weighted by molar-refractivity contribution is 5.91. The fourth-order valence-corrected chi connectivity index (χ4v) is 5.28. The number of hydroxylamine groups is 1. The number of rotatable bonds is 11. The molecule has 0 aliphatic carbocycles. The molecule has 0 bridgehead atoms. The van der Waals surface area contributed by atoms with Gasteiger partial charge in [-0.1, -0.05) is 57.5 Å². The van der Waals surface area contributed by atoms with E-state index in [0.29, 0.717) is 38.8 Å². The lowest BCUT2D eigenvalue weighted by Gasteiger charge is -2.29. The fourth-order valence-electron chi connectivity index (χ4n) is 5.28. The molecule has 3 amide bonds. The smallest absolute Gasteiger partial charge is 0.247 e. The Morgan fingerprint density at radius 1 is 1.05 bits per heavy atom. The van der Waals surface area contributed by atoms with Gasteiger partial charge in [0, 0.05) is 19.0 Å². The Balaban J connectivity index is 1.76. The predicted octanol–water partition coefficient (Wildman–Crippen LogP) is 5.07. The molecule has 1 aliphatic rings. The van der Waals surface area contributed by atoms with Crippen LogP contribution >= 0.6 is 0 Å². The SMILES string of the molecule is CCC[C@H](C(=O)NO)C(CC(C)C)C(=O)NC1CCCCN(Cc2cccc(-c3cccc(F)c3)c2)C1=O. The first kappa shape index (κ1) is 29.3. The molecule has 1 saturated heterocycles. The van der Waals surface area contributed by atoms with Gasteiger partial charge < -0.3 is 10.2 Å². The summed E-state index contributed by atoms with van der Waals surface area (Å²) < 4.78 is 13.7. The molecule has 0 aromatic heterocycles. The number of carbonyl (C=O) groups is 3. The van der Waals surface area contributed by atoms with E-state index in [-0.39, 0.29) is 23.5 Å². The highest BCUT2D eigenvalue weighted by Gasteiger charge is 2.36. The van der Waals surface area contributed by atoms with Crippen LogP contribution in [0.3, 0.4) is 0 Å². The zero-order valence-electron chi connectivity index (χ0n) is 22.6. The van der Waals surface area contributed by atoms with E-state index in [1.54, 1.807) is 16.4 Å². The molecule has 1 aliphatic heterocycles. The maximum Gasteiger partial charge on any atom is 0.247 e. The molecule has 3 N–H and O–H groups in total. The first-order valence-corrected chi connectivity index (χ1v) is 13.6. The Bertz CT molecular complexity index is 1110. The van der Waals surface area contributed by atoms with Crippen LogP contribution in [0.4, 0.5) is 4.39 Å². The number of benzene rings is 2. The van der Waals surface area contributed by atoms with Crippen molar-refractivity contribution in [2.24, 2.45) is 17.8 Å². The largest absolute Gasteiger partial charge is 0.344 e. The molecule has 2 aromatic carbocycles. The average Bonchev–Trinajstić information content (AvgIpc) is 3.06. The summed E-state index contributed by atoms with van der Waals surface area (Å²) in [6, 6.07) is 13.4. The molecule has 1 heterocycles. The monoisotopic (exact) mass is 525 g/mol. The molecule has 1 fully saturated rings. The number of hydrogen-bond donors (Lipinski definition) is 3. The van der Waals surface area contributed by atoms with Crippen LogP contribution in [0.15, 0.2) is 48.5 Å². The second-order valence-electron chi connectivity index (χ2n) is 10.6. The van der Waals surface area contributed by atoms with Gasteiger partial charge in [0.05, 0.1) is 5.92 Å². The Hall–Kier alpha value is -3.26. The summed E-state index contributed by atoms with van der Waals surface area (Å²) in [4.78, 5) is 41.2. The molecule has 8 heteroatoms. The molecule has 38 heavy (non-hydrogen) atoms.